The van der Waals surface area contributed by atoms with Crippen molar-refractivity contribution in [3.63, 3.8) is 0 Å². The van der Waals surface area contributed by atoms with Crippen molar-refractivity contribution in [3.05, 3.63) is 52.8 Å². The summed E-state index contributed by atoms with van der Waals surface area (Å²) in [5, 5.41) is 6.69. The number of hydrogen-bond acceptors (Lipinski definition) is 6. The molecule has 2 saturated heterocycles. The van der Waals surface area contributed by atoms with E-state index in [1.54, 1.807) is 35.3 Å². The molecule has 2 N–H and O–H groups in total. The topological polar surface area (TPSA) is 92.2 Å². The highest BCUT2D eigenvalue weighted by molar-refractivity contribution is 5.81. The Morgan fingerprint density at radius 1 is 1.17 bits per heavy atom. The van der Waals surface area contributed by atoms with Gasteiger partial charge < -0.3 is 15.5 Å². The van der Waals surface area contributed by atoms with Gasteiger partial charge in [0.1, 0.15) is 11.9 Å². The molecule has 0 radical (unpaired) electrons. The SMILES string of the molecule is O=C(NC1CCN(c2cnccn2)CC1)[C@H]1[C@@H]2CNC[C@@H](C2)c2cccc(=O)n21. The lowest BCUT2D eigenvalue weighted by molar-refractivity contribution is -0.127. The van der Waals surface area contributed by atoms with Crippen molar-refractivity contribution in [2.24, 2.45) is 5.92 Å². The highest BCUT2D eigenvalue weighted by Crippen LogP contribution is 2.38. The highest BCUT2D eigenvalue weighted by Gasteiger charge is 2.42. The van der Waals surface area contributed by atoms with Crippen molar-refractivity contribution >= 4 is 11.7 Å². The van der Waals surface area contributed by atoms with E-state index < -0.39 is 6.04 Å². The number of hydrogen-bond donors (Lipinski definition) is 2. The number of rotatable bonds is 3. The Balaban J connectivity index is 1.30. The van der Waals surface area contributed by atoms with E-state index in [9.17, 15) is 9.59 Å². The molecule has 8 nitrogen and oxygen atoms in total. The first-order valence-corrected chi connectivity index (χ1v) is 10.4. The lowest BCUT2D eigenvalue weighted by Gasteiger charge is -2.43. The summed E-state index contributed by atoms with van der Waals surface area (Å²) in [6.45, 7) is 3.31. The van der Waals surface area contributed by atoms with Gasteiger partial charge in [-0.15, -0.1) is 0 Å². The maximum Gasteiger partial charge on any atom is 0.251 e. The van der Waals surface area contributed by atoms with Crippen LogP contribution in [0.5, 0.6) is 0 Å². The Labute approximate surface area is 169 Å². The molecule has 3 atom stereocenters. The molecule has 0 aliphatic carbocycles. The molecule has 5 heterocycles. The van der Waals surface area contributed by atoms with E-state index >= 15 is 0 Å². The summed E-state index contributed by atoms with van der Waals surface area (Å²) in [5.74, 6) is 1.32. The van der Waals surface area contributed by atoms with E-state index in [-0.39, 0.29) is 23.4 Å². The van der Waals surface area contributed by atoms with E-state index in [2.05, 4.69) is 25.5 Å². The van der Waals surface area contributed by atoms with Gasteiger partial charge in [0.05, 0.1) is 6.20 Å². The molecule has 2 aromatic heterocycles. The fraction of sp³-hybridized carbons (Fsp3) is 0.524. The van der Waals surface area contributed by atoms with Crippen molar-refractivity contribution in [1.82, 2.24) is 25.2 Å². The molecule has 3 aliphatic heterocycles. The van der Waals surface area contributed by atoms with Crippen LogP contribution in [0.1, 0.15) is 36.9 Å². The number of pyridine rings is 1. The summed E-state index contributed by atoms with van der Waals surface area (Å²) in [6, 6.07) is 5.06. The molecule has 5 rings (SSSR count). The second-order valence-corrected chi connectivity index (χ2v) is 8.29. The van der Waals surface area contributed by atoms with Gasteiger partial charge in [0.2, 0.25) is 5.91 Å². The first kappa shape index (κ1) is 18.3. The van der Waals surface area contributed by atoms with E-state index in [0.29, 0.717) is 5.92 Å². The maximum absolute atomic E-state index is 13.3. The van der Waals surface area contributed by atoms with Crippen molar-refractivity contribution < 1.29 is 4.79 Å². The third-order valence-corrected chi connectivity index (χ3v) is 6.53. The second-order valence-electron chi connectivity index (χ2n) is 8.29. The van der Waals surface area contributed by atoms with E-state index in [0.717, 1.165) is 57.0 Å². The minimum atomic E-state index is -0.430. The van der Waals surface area contributed by atoms with Crippen molar-refractivity contribution in [3.8, 4) is 0 Å². The third-order valence-electron chi connectivity index (χ3n) is 6.53. The van der Waals surface area contributed by atoms with Crippen LogP contribution >= 0.6 is 0 Å². The largest absolute Gasteiger partial charge is 0.355 e. The Bertz CT molecular complexity index is 938. The van der Waals surface area contributed by atoms with Gasteiger partial charge in [-0.1, -0.05) is 6.07 Å². The molecule has 29 heavy (non-hydrogen) atoms. The van der Waals surface area contributed by atoms with Crippen LogP contribution in [0.15, 0.2) is 41.6 Å². The molecule has 0 aromatic carbocycles. The standard InChI is InChI=1S/C21H26N6O2/c28-19-3-1-2-17-14-10-15(12-23-11-14)20(27(17)19)21(29)25-16-4-8-26(9-5-16)18-13-22-6-7-24-18/h1-3,6-7,13-16,20,23H,4-5,8-12H2,(H,25,29)/t14-,15+,20-/m1/s1. The van der Waals surface area contributed by atoms with Crippen LogP contribution in [-0.4, -0.2) is 52.7 Å². The molecule has 0 spiro atoms. The van der Waals surface area contributed by atoms with Crippen LogP contribution in [0.3, 0.4) is 0 Å². The van der Waals surface area contributed by atoms with Crippen LogP contribution in [0.2, 0.25) is 0 Å². The van der Waals surface area contributed by atoms with Crippen molar-refractivity contribution in [2.45, 2.75) is 37.3 Å². The Morgan fingerprint density at radius 2 is 2.03 bits per heavy atom. The molecule has 3 aliphatic rings. The molecule has 2 aromatic rings. The first-order chi connectivity index (χ1) is 14.2. The highest BCUT2D eigenvalue weighted by atomic mass is 16.2. The zero-order chi connectivity index (χ0) is 19.8. The summed E-state index contributed by atoms with van der Waals surface area (Å²) in [4.78, 5) is 36.6. The fourth-order valence-electron chi connectivity index (χ4n) is 5.12. The van der Waals surface area contributed by atoms with Gasteiger partial charge in [-0.2, -0.15) is 0 Å². The molecular formula is C21H26N6O2. The second kappa shape index (κ2) is 7.59. The van der Waals surface area contributed by atoms with Crippen LogP contribution in [0.4, 0.5) is 5.82 Å². The Kier molecular flexibility index (Phi) is 4.79. The summed E-state index contributed by atoms with van der Waals surface area (Å²) >= 11 is 0. The van der Waals surface area contributed by atoms with Crippen LogP contribution < -0.4 is 21.1 Å². The number of nitrogens with zero attached hydrogens (tertiary/aromatic N) is 4. The van der Waals surface area contributed by atoms with Crippen molar-refractivity contribution in [1.29, 1.82) is 0 Å². The lowest BCUT2D eigenvalue weighted by atomic mass is 9.79. The Morgan fingerprint density at radius 3 is 2.83 bits per heavy atom. The molecule has 2 bridgehead atoms. The molecule has 8 heteroatoms. The normalized spacial score (nSPS) is 26.6. The summed E-state index contributed by atoms with van der Waals surface area (Å²) in [7, 11) is 0. The average molecular weight is 394 g/mol. The quantitative estimate of drug-likeness (QED) is 0.795. The molecule has 152 valence electrons. The number of fused-ring (bicyclic) bond motifs is 4. The molecule has 1 amide bonds. The van der Waals surface area contributed by atoms with Gasteiger partial charge >= 0.3 is 0 Å². The first-order valence-electron chi connectivity index (χ1n) is 10.4. The van der Waals surface area contributed by atoms with Crippen LogP contribution in [-0.2, 0) is 4.79 Å². The number of piperidine rings is 2. The van der Waals surface area contributed by atoms with E-state index in [4.69, 9.17) is 0 Å². The fourth-order valence-corrected chi connectivity index (χ4v) is 5.12. The predicted octanol–water partition coefficient (Wildman–Crippen LogP) is 0.671. The number of aromatic nitrogens is 3. The third kappa shape index (κ3) is 3.42. The van der Waals surface area contributed by atoms with E-state index in [1.807, 2.05) is 6.07 Å². The molecule has 0 unspecified atom stereocenters. The monoisotopic (exact) mass is 394 g/mol. The number of carbonyl (C=O) groups excluding carboxylic acids is 1. The van der Waals surface area contributed by atoms with Gasteiger partial charge in [-0.05, 0) is 25.3 Å². The summed E-state index contributed by atoms with van der Waals surface area (Å²) in [6.07, 6.45) is 7.82. The van der Waals surface area contributed by atoms with Gasteiger partial charge in [-0.3, -0.25) is 19.1 Å². The predicted molar refractivity (Wildman–Crippen MR) is 109 cm³/mol. The van der Waals surface area contributed by atoms with Crippen molar-refractivity contribution in [2.75, 3.05) is 31.1 Å². The summed E-state index contributed by atoms with van der Waals surface area (Å²) < 4.78 is 1.75. The minimum Gasteiger partial charge on any atom is -0.355 e. The number of amides is 1. The molecular weight excluding hydrogens is 368 g/mol. The zero-order valence-electron chi connectivity index (χ0n) is 16.3. The lowest BCUT2D eigenvalue weighted by Crippen LogP contribution is -2.54. The minimum absolute atomic E-state index is 0.0235. The zero-order valence-corrected chi connectivity index (χ0v) is 16.3. The number of carbonyl (C=O) groups is 1. The number of anilines is 1. The maximum atomic E-state index is 13.3. The molecule has 0 saturated carbocycles. The van der Waals surface area contributed by atoms with Crippen LogP contribution in [0.25, 0.3) is 0 Å². The Hall–Kier alpha value is -2.74. The van der Waals surface area contributed by atoms with E-state index in [1.165, 1.54) is 0 Å². The average Bonchev–Trinajstić information content (AvgIpc) is 2.76. The van der Waals surface area contributed by atoms with Crippen LogP contribution in [0, 0.1) is 5.92 Å². The van der Waals surface area contributed by atoms with Gasteiger partial charge in [0.15, 0.2) is 0 Å². The smallest absolute Gasteiger partial charge is 0.251 e. The number of nitrogens with one attached hydrogen (secondary N) is 2. The van der Waals surface area contributed by atoms with Gasteiger partial charge in [0.25, 0.3) is 5.56 Å². The van der Waals surface area contributed by atoms with Gasteiger partial charge in [-0.25, -0.2) is 4.98 Å². The molecule has 2 fully saturated rings. The van der Waals surface area contributed by atoms with Gasteiger partial charge in [0, 0.05) is 68.2 Å². The summed E-state index contributed by atoms with van der Waals surface area (Å²) in [5.41, 5.74) is 0.912.